The lowest BCUT2D eigenvalue weighted by molar-refractivity contribution is 0.0963. The number of nitrogens with zero attached hydrogens (tertiary/aromatic N) is 3. The summed E-state index contributed by atoms with van der Waals surface area (Å²) >= 11 is 0. The average Bonchev–Trinajstić information content (AvgIpc) is 2.73. The average molecular weight is 274 g/mol. The van der Waals surface area contributed by atoms with Crippen LogP contribution in [-0.2, 0) is 6.54 Å². The smallest absolute Gasteiger partial charge is 0.251 e. The lowest BCUT2D eigenvalue weighted by Gasteiger charge is -2.11. The molecule has 0 saturated heterocycles. The Morgan fingerprint density at radius 2 is 2.15 bits per heavy atom. The Morgan fingerprint density at radius 3 is 2.80 bits per heavy atom. The highest BCUT2D eigenvalue weighted by Gasteiger charge is 2.10. The van der Waals surface area contributed by atoms with Crippen molar-refractivity contribution in [2.24, 2.45) is 0 Å². The van der Waals surface area contributed by atoms with E-state index >= 15 is 0 Å². The van der Waals surface area contributed by atoms with Crippen molar-refractivity contribution in [1.29, 1.82) is 0 Å². The number of hydrogen-bond donors (Lipinski definition) is 1. The summed E-state index contributed by atoms with van der Waals surface area (Å²) in [5.74, 6) is 0.916. The molecule has 0 fully saturated rings. The van der Waals surface area contributed by atoms with E-state index in [0.29, 0.717) is 5.56 Å². The van der Waals surface area contributed by atoms with E-state index in [0.717, 1.165) is 36.4 Å². The molecule has 2 rings (SSSR count). The van der Waals surface area contributed by atoms with Gasteiger partial charge in [0.1, 0.15) is 5.82 Å². The maximum absolute atomic E-state index is 11.6. The molecule has 1 heterocycles. The zero-order chi connectivity index (χ0) is 14.7. The van der Waals surface area contributed by atoms with Crippen LogP contribution in [0.3, 0.4) is 0 Å². The third-order valence-electron chi connectivity index (χ3n) is 3.42. The fourth-order valence-corrected chi connectivity index (χ4v) is 2.36. The maximum atomic E-state index is 11.6. The number of rotatable bonds is 5. The number of hydrogen-bond acceptors (Lipinski definition) is 3. The van der Waals surface area contributed by atoms with Gasteiger partial charge in [0.05, 0.1) is 11.0 Å². The third kappa shape index (κ3) is 2.99. The van der Waals surface area contributed by atoms with Crippen LogP contribution in [0.25, 0.3) is 11.0 Å². The summed E-state index contributed by atoms with van der Waals surface area (Å²) in [5.41, 5.74) is 2.63. The molecular formula is C15H22N4O. The van der Waals surface area contributed by atoms with Crippen molar-refractivity contribution in [2.45, 2.75) is 19.9 Å². The van der Waals surface area contributed by atoms with Gasteiger partial charge in [-0.3, -0.25) is 4.79 Å². The Hall–Kier alpha value is -1.88. The van der Waals surface area contributed by atoms with Crippen molar-refractivity contribution in [3.8, 4) is 0 Å². The summed E-state index contributed by atoms with van der Waals surface area (Å²) in [5, 5.41) is 2.64. The highest BCUT2D eigenvalue weighted by atomic mass is 16.1. The lowest BCUT2D eigenvalue weighted by Crippen LogP contribution is -2.17. The number of imidazole rings is 1. The van der Waals surface area contributed by atoms with Crippen molar-refractivity contribution < 1.29 is 4.79 Å². The van der Waals surface area contributed by atoms with Gasteiger partial charge in [-0.05, 0) is 52.2 Å². The molecule has 5 nitrogen and oxygen atoms in total. The first-order valence-electron chi connectivity index (χ1n) is 6.86. The van der Waals surface area contributed by atoms with Gasteiger partial charge in [-0.15, -0.1) is 0 Å². The normalized spacial score (nSPS) is 11.2. The molecule has 1 aromatic carbocycles. The highest BCUT2D eigenvalue weighted by molar-refractivity contribution is 5.97. The second-order valence-corrected chi connectivity index (χ2v) is 5.25. The molecule has 0 unspecified atom stereocenters. The molecular weight excluding hydrogens is 252 g/mol. The number of aromatic nitrogens is 2. The number of carbonyl (C=O) groups is 1. The van der Waals surface area contributed by atoms with Crippen molar-refractivity contribution in [2.75, 3.05) is 27.7 Å². The first-order valence-corrected chi connectivity index (χ1v) is 6.86. The molecule has 0 aliphatic rings. The minimum absolute atomic E-state index is 0.0771. The summed E-state index contributed by atoms with van der Waals surface area (Å²) in [6.07, 6.45) is 1.08. The molecule has 0 radical (unpaired) electrons. The van der Waals surface area contributed by atoms with Crippen molar-refractivity contribution in [3.63, 3.8) is 0 Å². The van der Waals surface area contributed by atoms with E-state index in [1.807, 2.05) is 25.1 Å². The molecule has 1 N–H and O–H groups in total. The molecule has 5 heteroatoms. The quantitative estimate of drug-likeness (QED) is 0.902. The van der Waals surface area contributed by atoms with Gasteiger partial charge in [-0.25, -0.2) is 4.98 Å². The Bertz CT molecular complexity index is 616. The van der Waals surface area contributed by atoms with E-state index in [2.05, 4.69) is 33.9 Å². The molecule has 0 aliphatic carbocycles. The number of fused-ring (bicyclic) bond motifs is 1. The fraction of sp³-hybridized carbons (Fsp3) is 0.467. The van der Waals surface area contributed by atoms with Crippen LogP contribution < -0.4 is 5.32 Å². The number of carbonyl (C=O) groups excluding carboxylic acids is 1. The number of nitrogens with one attached hydrogen (secondary N) is 1. The van der Waals surface area contributed by atoms with Crippen molar-refractivity contribution >= 4 is 16.9 Å². The van der Waals surface area contributed by atoms with Crippen LogP contribution >= 0.6 is 0 Å². The first-order chi connectivity index (χ1) is 9.52. The second-order valence-electron chi connectivity index (χ2n) is 5.25. The zero-order valence-electron chi connectivity index (χ0n) is 12.6. The van der Waals surface area contributed by atoms with E-state index in [-0.39, 0.29) is 5.91 Å². The zero-order valence-corrected chi connectivity index (χ0v) is 12.6. The van der Waals surface area contributed by atoms with Gasteiger partial charge in [0, 0.05) is 19.2 Å². The monoisotopic (exact) mass is 274 g/mol. The molecule has 0 atom stereocenters. The summed E-state index contributed by atoms with van der Waals surface area (Å²) < 4.78 is 2.21. The number of amides is 1. The van der Waals surface area contributed by atoms with Crippen LogP contribution in [-0.4, -0.2) is 48.0 Å². The van der Waals surface area contributed by atoms with E-state index < -0.39 is 0 Å². The van der Waals surface area contributed by atoms with Crippen LogP contribution in [0.15, 0.2) is 18.2 Å². The predicted molar refractivity (Wildman–Crippen MR) is 81.0 cm³/mol. The van der Waals surface area contributed by atoms with Gasteiger partial charge < -0.3 is 14.8 Å². The maximum Gasteiger partial charge on any atom is 0.251 e. The fourth-order valence-electron chi connectivity index (χ4n) is 2.36. The lowest BCUT2D eigenvalue weighted by atomic mass is 10.2. The molecule has 1 aromatic heterocycles. The van der Waals surface area contributed by atoms with Crippen LogP contribution in [0, 0.1) is 6.92 Å². The molecule has 20 heavy (non-hydrogen) atoms. The van der Waals surface area contributed by atoms with Crippen molar-refractivity contribution in [3.05, 3.63) is 29.6 Å². The molecule has 108 valence electrons. The third-order valence-corrected chi connectivity index (χ3v) is 3.42. The van der Waals surface area contributed by atoms with Gasteiger partial charge >= 0.3 is 0 Å². The SMILES string of the molecule is CNC(=O)c1ccc2c(c1)nc(C)n2CCCN(C)C. The van der Waals surface area contributed by atoms with E-state index in [1.165, 1.54) is 0 Å². The summed E-state index contributed by atoms with van der Waals surface area (Å²) in [6, 6.07) is 5.68. The second kappa shape index (κ2) is 6.05. The van der Waals surface area contributed by atoms with Gasteiger partial charge in [0.25, 0.3) is 5.91 Å². The van der Waals surface area contributed by atoms with E-state index in [1.54, 1.807) is 7.05 Å². The Kier molecular flexibility index (Phi) is 4.39. The minimum atomic E-state index is -0.0771. The first kappa shape index (κ1) is 14.5. The summed E-state index contributed by atoms with van der Waals surface area (Å²) in [6.45, 7) is 4.00. The van der Waals surface area contributed by atoms with Gasteiger partial charge in [0.2, 0.25) is 0 Å². The highest BCUT2D eigenvalue weighted by Crippen LogP contribution is 2.18. The van der Waals surface area contributed by atoms with Crippen LogP contribution in [0.5, 0.6) is 0 Å². The molecule has 1 amide bonds. The van der Waals surface area contributed by atoms with Crippen LogP contribution in [0.4, 0.5) is 0 Å². The largest absolute Gasteiger partial charge is 0.355 e. The minimum Gasteiger partial charge on any atom is -0.355 e. The van der Waals surface area contributed by atoms with Crippen molar-refractivity contribution in [1.82, 2.24) is 19.8 Å². The van der Waals surface area contributed by atoms with E-state index in [9.17, 15) is 4.79 Å². The van der Waals surface area contributed by atoms with Gasteiger partial charge in [-0.2, -0.15) is 0 Å². The molecule has 0 bridgehead atoms. The molecule has 0 aliphatic heterocycles. The Morgan fingerprint density at radius 1 is 1.40 bits per heavy atom. The van der Waals surface area contributed by atoms with Crippen LogP contribution in [0.2, 0.25) is 0 Å². The predicted octanol–water partition coefficient (Wildman–Crippen LogP) is 1.66. The van der Waals surface area contributed by atoms with Gasteiger partial charge in [0.15, 0.2) is 0 Å². The molecule has 0 spiro atoms. The summed E-state index contributed by atoms with van der Waals surface area (Å²) in [7, 11) is 5.79. The number of benzene rings is 1. The molecule has 2 aromatic rings. The van der Waals surface area contributed by atoms with E-state index in [4.69, 9.17) is 0 Å². The van der Waals surface area contributed by atoms with Gasteiger partial charge in [-0.1, -0.05) is 0 Å². The Labute approximate surface area is 119 Å². The number of aryl methyl sites for hydroxylation is 2. The van der Waals surface area contributed by atoms with Crippen LogP contribution in [0.1, 0.15) is 22.6 Å². The Balaban J connectivity index is 2.27. The summed E-state index contributed by atoms with van der Waals surface area (Å²) in [4.78, 5) is 18.4. The topological polar surface area (TPSA) is 50.2 Å². The molecule has 0 saturated carbocycles. The standard InChI is InChI=1S/C15H22N4O/c1-11-17-13-10-12(15(20)16-2)6-7-14(13)19(11)9-5-8-18(3)4/h6-7,10H,5,8-9H2,1-4H3,(H,16,20).